The zero-order valence-electron chi connectivity index (χ0n) is 9.46. The van der Waals surface area contributed by atoms with Gasteiger partial charge in [-0.05, 0) is 36.8 Å². The molecular weight excluding hydrogens is 281 g/mol. The van der Waals surface area contributed by atoms with Crippen LogP contribution in [0.25, 0.3) is 0 Å². The molecule has 2 rings (SSSR count). The SMILES string of the molecule is Cc1ccc(C(Cl)c2cccc(C(F)(F)F)c2)s1. The summed E-state index contributed by atoms with van der Waals surface area (Å²) >= 11 is 7.70. The number of aryl methyl sites for hydroxylation is 1. The summed E-state index contributed by atoms with van der Waals surface area (Å²) in [5, 5.41) is -0.536. The highest BCUT2D eigenvalue weighted by Gasteiger charge is 2.31. The Labute approximate surface area is 112 Å². The van der Waals surface area contributed by atoms with Gasteiger partial charge < -0.3 is 0 Å². The van der Waals surface area contributed by atoms with Crippen molar-refractivity contribution in [2.24, 2.45) is 0 Å². The molecule has 0 radical (unpaired) electrons. The number of alkyl halides is 4. The predicted octanol–water partition coefficient (Wildman–Crippen LogP) is 5.40. The molecule has 0 N–H and O–H groups in total. The van der Waals surface area contributed by atoms with Crippen LogP contribution in [0, 0.1) is 6.92 Å². The predicted molar refractivity (Wildman–Crippen MR) is 68.2 cm³/mol. The van der Waals surface area contributed by atoms with Gasteiger partial charge in [0.1, 0.15) is 0 Å². The van der Waals surface area contributed by atoms with Crippen LogP contribution in [0.3, 0.4) is 0 Å². The van der Waals surface area contributed by atoms with Crippen molar-refractivity contribution in [1.82, 2.24) is 0 Å². The third kappa shape index (κ3) is 2.87. The van der Waals surface area contributed by atoms with Crippen LogP contribution in [-0.4, -0.2) is 0 Å². The number of benzene rings is 1. The number of hydrogen-bond donors (Lipinski definition) is 0. The molecule has 0 aliphatic heterocycles. The standard InChI is InChI=1S/C13H10ClF3S/c1-8-5-6-11(18-8)12(14)9-3-2-4-10(7-9)13(15,16)17/h2-7,12H,1H3. The van der Waals surface area contributed by atoms with E-state index in [-0.39, 0.29) is 0 Å². The van der Waals surface area contributed by atoms with Gasteiger partial charge in [-0.2, -0.15) is 13.2 Å². The van der Waals surface area contributed by atoms with E-state index >= 15 is 0 Å². The van der Waals surface area contributed by atoms with E-state index in [0.717, 1.165) is 21.9 Å². The zero-order chi connectivity index (χ0) is 13.3. The second-order valence-electron chi connectivity index (χ2n) is 3.93. The van der Waals surface area contributed by atoms with Crippen molar-refractivity contribution in [2.75, 3.05) is 0 Å². The minimum atomic E-state index is -4.34. The topological polar surface area (TPSA) is 0 Å². The van der Waals surface area contributed by atoms with Crippen LogP contribution in [0.5, 0.6) is 0 Å². The summed E-state index contributed by atoms with van der Waals surface area (Å²) in [4.78, 5) is 1.94. The van der Waals surface area contributed by atoms with E-state index in [9.17, 15) is 13.2 Å². The van der Waals surface area contributed by atoms with Crippen LogP contribution in [-0.2, 0) is 6.18 Å². The van der Waals surface area contributed by atoms with Gasteiger partial charge in [0.05, 0.1) is 10.9 Å². The lowest BCUT2D eigenvalue weighted by molar-refractivity contribution is -0.137. The summed E-state index contributed by atoms with van der Waals surface area (Å²) in [6, 6.07) is 8.90. The average molecular weight is 291 g/mol. The second-order valence-corrected chi connectivity index (χ2v) is 5.69. The molecule has 2 aromatic rings. The van der Waals surface area contributed by atoms with Crippen molar-refractivity contribution in [1.29, 1.82) is 0 Å². The first-order valence-electron chi connectivity index (χ1n) is 5.25. The Morgan fingerprint density at radius 3 is 2.44 bits per heavy atom. The van der Waals surface area contributed by atoms with Gasteiger partial charge in [0.25, 0.3) is 0 Å². The molecule has 1 atom stereocenters. The Morgan fingerprint density at radius 1 is 1.17 bits per heavy atom. The van der Waals surface area contributed by atoms with Crippen LogP contribution in [0.15, 0.2) is 36.4 Å². The van der Waals surface area contributed by atoms with Gasteiger partial charge in [0, 0.05) is 9.75 Å². The van der Waals surface area contributed by atoms with Crippen molar-refractivity contribution in [3.8, 4) is 0 Å². The molecule has 0 saturated heterocycles. The Bertz CT molecular complexity index is 545. The van der Waals surface area contributed by atoms with Crippen molar-refractivity contribution in [2.45, 2.75) is 18.5 Å². The zero-order valence-corrected chi connectivity index (χ0v) is 11.0. The van der Waals surface area contributed by atoms with Crippen molar-refractivity contribution < 1.29 is 13.2 Å². The van der Waals surface area contributed by atoms with Crippen molar-refractivity contribution in [3.05, 3.63) is 57.3 Å². The summed E-state index contributed by atoms with van der Waals surface area (Å²) in [6.07, 6.45) is -4.34. The van der Waals surface area contributed by atoms with E-state index < -0.39 is 17.1 Å². The molecule has 0 amide bonds. The first-order valence-corrected chi connectivity index (χ1v) is 6.51. The van der Waals surface area contributed by atoms with Crippen LogP contribution in [0.4, 0.5) is 13.2 Å². The van der Waals surface area contributed by atoms with Crippen molar-refractivity contribution in [3.63, 3.8) is 0 Å². The van der Waals surface area contributed by atoms with E-state index in [4.69, 9.17) is 11.6 Å². The van der Waals surface area contributed by atoms with E-state index in [0.29, 0.717) is 5.56 Å². The monoisotopic (exact) mass is 290 g/mol. The molecular formula is C13H10ClF3S. The summed E-state index contributed by atoms with van der Waals surface area (Å²) in [5.74, 6) is 0. The Kier molecular flexibility index (Phi) is 3.69. The molecule has 1 heterocycles. The van der Waals surface area contributed by atoms with Crippen LogP contribution in [0.2, 0.25) is 0 Å². The van der Waals surface area contributed by atoms with Gasteiger partial charge in [0.15, 0.2) is 0 Å². The summed E-state index contributed by atoms with van der Waals surface area (Å²) < 4.78 is 37.8. The van der Waals surface area contributed by atoms with E-state index in [1.807, 2.05) is 19.1 Å². The summed E-state index contributed by atoms with van der Waals surface area (Å²) in [7, 11) is 0. The molecule has 0 fully saturated rings. The van der Waals surface area contributed by atoms with E-state index in [1.54, 1.807) is 6.07 Å². The summed E-state index contributed by atoms with van der Waals surface area (Å²) in [5.41, 5.74) is -0.202. The van der Waals surface area contributed by atoms with Crippen LogP contribution < -0.4 is 0 Å². The molecule has 1 aromatic heterocycles. The van der Waals surface area contributed by atoms with Gasteiger partial charge >= 0.3 is 6.18 Å². The maximum absolute atomic E-state index is 12.6. The molecule has 1 unspecified atom stereocenters. The summed E-state index contributed by atoms with van der Waals surface area (Å²) in [6.45, 7) is 1.93. The largest absolute Gasteiger partial charge is 0.416 e. The number of halogens is 4. The minimum absolute atomic E-state index is 0.466. The lowest BCUT2D eigenvalue weighted by Crippen LogP contribution is -2.05. The maximum atomic E-state index is 12.6. The highest BCUT2D eigenvalue weighted by atomic mass is 35.5. The molecule has 0 nitrogen and oxygen atoms in total. The molecule has 0 bridgehead atoms. The van der Waals surface area contributed by atoms with Gasteiger partial charge in [-0.25, -0.2) is 0 Å². The third-order valence-corrected chi connectivity index (χ3v) is 4.20. The van der Waals surface area contributed by atoms with Crippen LogP contribution in [0.1, 0.15) is 26.3 Å². The molecule has 18 heavy (non-hydrogen) atoms. The van der Waals surface area contributed by atoms with Gasteiger partial charge in [-0.3, -0.25) is 0 Å². The lowest BCUT2D eigenvalue weighted by Gasteiger charge is -2.11. The number of rotatable bonds is 2. The minimum Gasteiger partial charge on any atom is -0.166 e. The molecule has 0 spiro atoms. The Morgan fingerprint density at radius 2 is 1.89 bits per heavy atom. The maximum Gasteiger partial charge on any atom is 0.416 e. The quantitative estimate of drug-likeness (QED) is 0.649. The molecule has 96 valence electrons. The molecule has 0 saturated carbocycles. The van der Waals surface area contributed by atoms with E-state index in [1.165, 1.54) is 17.4 Å². The first-order chi connectivity index (χ1) is 8.38. The number of thiophene rings is 1. The molecule has 0 aliphatic rings. The molecule has 5 heteroatoms. The second kappa shape index (κ2) is 4.94. The lowest BCUT2D eigenvalue weighted by atomic mass is 10.1. The highest BCUT2D eigenvalue weighted by molar-refractivity contribution is 7.12. The van der Waals surface area contributed by atoms with Crippen molar-refractivity contribution >= 4 is 22.9 Å². The average Bonchev–Trinajstić information content (AvgIpc) is 2.74. The van der Waals surface area contributed by atoms with Gasteiger partial charge in [-0.15, -0.1) is 22.9 Å². The highest BCUT2D eigenvalue weighted by Crippen LogP contribution is 2.36. The first kappa shape index (κ1) is 13.4. The van der Waals surface area contributed by atoms with Gasteiger partial charge in [-0.1, -0.05) is 12.1 Å². The molecule has 1 aromatic carbocycles. The third-order valence-electron chi connectivity index (χ3n) is 2.52. The smallest absolute Gasteiger partial charge is 0.166 e. The fourth-order valence-corrected chi connectivity index (χ4v) is 2.85. The fourth-order valence-electron chi connectivity index (χ4n) is 1.63. The Balaban J connectivity index is 2.34. The fraction of sp³-hybridized carbons (Fsp3) is 0.231. The Hall–Kier alpha value is -1.00. The van der Waals surface area contributed by atoms with Crippen LogP contribution >= 0.6 is 22.9 Å². The van der Waals surface area contributed by atoms with Gasteiger partial charge in [0.2, 0.25) is 0 Å². The molecule has 0 aliphatic carbocycles. The van der Waals surface area contributed by atoms with E-state index in [2.05, 4.69) is 0 Å². The normalized spacial score (nSPS) is 13.6. The number of hydrogen-bond acceptors (Lipinski definition) is 1.